The van der Waals surface area contributed by atoms with Gasteiger partial charge in [0.1, 0.15) is 0 Å². The Kier molecular flexibility index (Phi) is 7.75. The number of nitrogens with zero attached hydrogens (tertiary/aromatic N) is 2. The van der Waals surface area contributed by atoms with Gasteiger partial charge in [-0.1, -0.05) is 182 Å². The second kappa shape index (κ2) is 13.4. The van der Waals surface area contributed by atoms with Gasteiger partial charge in [0, 0.05) is 16.9 Å². The fourth-order valence-electron chi connectivity index (χ4n) is 9.44. The van der Waals surface area contributed by atoms with E-state index in [2.05, 4.69) is 240 Å². The summed E-state index contributed by atoms with van der Waals surface area (Å²) in [4.78, 5) is 4.98. The van der Waals surface area contributed by atoms with Crippen LogP contribution in [0, 0.1) is 0 Å². The van der Waals surface area contributed by atoms with Crippen LogP contribution in [0.15, 0.2) is 231 Å². The molecule has 0 radical (unpaired) electrons. The molecule has 268 valence electrons. The molecule has 0 amide bonds. The van der Waals surface area contributed by atoms with E-state index in [0.29, 0.717) is 0 Å². The van der Waals surface area contributed by atoms with E-state index in [9.17, 15) is 0 Å². The molecule has 57 heavy (non-hydrogen) atoms. The lowest BCUT2D eigenvalue weighted by molar-refractivity contribution is 0.768. The Hall–Kier alpha value is -7.42. The van der Waals surface area contributed by atoms with Crippen molar-refractivity contribution >= 4 is 34.1 Å². The van der Waals surface area contributed by atoms with Gasteiger partial charge in [0.2, 0.25) is 0 Å². The van der Waals surface area contributed by atoms with E-state index in [4.69, 9.17) is 0 Å². The van der Waals surface area contributed by atoms with Crippen LogP contribution >= 0.6 is 0 Å². The lowest BCUT2D eigenvalue weighted by Gasteiger charge is -2.42. The highest BCUT2D eigenvalue weighted by molar-refractivity contribution is 6.10. The van der Waals surface area contributed by atoms with Crippen molar-refractivity contribution in [3.63, 3.8) is 0 Å². The number of hydrogen-bond donors (Lipinski definition) is 0. The summed E-state index contributed by atoms with van der Waals surface area (Å²) in [5.74, 6) is 0. The summed E-state index contributed by atoms with van der Waals surface area (Å²) in [5, 5.41) is 0. The molecule has 1 aliphatic heterocycles. The minimum Gasteiger partial charge on any atom is -0.306 e. The lowest BCUT2D eigenvalue weighted by Crippen LogP contribution is -2.29. The van der Waals surface area contributed by atoms with Gasteiger partial charge in [0.05, 0.1) is 28.2 Å². The van der Waals surface area contributed by atoms with Gasteiger partial charge in [0.25, 0.3) is 0 Å². The molecule has 0 saturated heterocycles. The van der Waals surface area contributed by atoms with Crippen molar-refractivity contribution < 1.29 is 0 Å². The molecule has 9 aromatic rings. The molecule has 0 saturated carbocycles. The van der Waals surface area contributed by atoms with E-state index < -0.39 is 5.41 Å². The Bertz CT molecular complexity index is 2850. The Labute approximate surface area is 334 Å². The third kappa shape index (κ3) is 5.11. The molecule has 0 atom stereocenters. The predicted octanol–water partition coefficient (Wildman–Crippen LogP) is 14.6. The number of anilines is 6. The molecule has 0 fully saturated rings. The standard InChI is InChI=1S/C55H38N2/c1-6-19-39(20-7-1)40-21-18-22-41(37-40)42-33-35-50-52(38-42)56(45-27-12-4-13-28-45)51-36-34-49-53(54(51)57(50)46-29-14-5-15-30-46)47-31-16-17-32-48(47)55(49,43-23-8-2-9-24-43)44-25-10-3-11-26-44/h1-38H. The predicted molar refractivity (Wildman–Crippen MR) is 238 cm³/mol. The van der Waals surface area contributed by atoms with Crippen LogP contribution in [0.1, 0.15) is 22.3 Å². The normalized spacial score (nSPS) is 13.3. The molecule has 1 aliphatic carbocycles. The van der Waals surface area contributed by atoms with E-state index in [1.165, 1.54) is 61.3 Å². The van der Waals surface area contributed by atoms with E-state index >= 15 is 0 Å². The Balaban J connectivity index is 1.22. The van der Waals surface area contributed by atoms with Crippen LogP contribution in [-0.4, -0.2) is 0 Å². The van der Waals surface area contributed by atoms with Crippen molar-refractivity contribution in [1.82, 2.24) is 0 Å². The zero-order valence-electron chi connectivity index (χ0n) is 31.3. The highest BCUT2D eigenvalue weighted by atomic mass is 15.3. The highest BCUT2D eigenvalue weighted by Crippen LogP contribution is 2.64. The summed E-state index contributed by atoms with van der Waals surface area (Å²) in [6.07, 6.45) is 0. The van der Waals surface area contributed by atoms with Crippen molar-refractivity contribution in [3.8, 4) is 33.4 Å². The molecular weight excluding hydrogens is 689 g/mol. The molecule has 11 rings (SSSR count). The smallest absolute Gasteiger partial charge is 0.0785 e. The molecule has 2 aliphatic rings. The Morgan fingerprint density at radius 2 is 0.789 bits per heavy atom. The number of benzene rings is 9. The molecule has 9 aromatic carbocycles. The zero-order valence-corrected chi connectivity index (χ0v) is 31.3. The highest BCUT2D eigenvalue weighted by Gasteiger charge is 2.49. The zero-order chi connectivity index (χ0) is 37.8. The molecule has 2 nitrogen and oxygen atoms in total. The van der Waals surface area contributed by atoms with Crippen LogP contribution in [0.25, 0.3) is 33.4 Å². The molecule has 0 N–H and O–H groups in total. The maximum atomic E-state index is 2.51. The molecule has 0 bridgehead atoms. The summed E-state index contributed by atoms with van der Waals surface area (Å²) in [7, 11) is 0. The molecule has 0 aromatic heterocycles. The van der Waals surface area contributed by atoms with Crippen LogP contribution in [0.2, 0.25) is 0 Å². The van der Waals surface area contributed by atoms with E-state index in [0.717, 1.165) is 28.4 Å². The van der Waals surface area contributed by atoms with Gasteiger partial charge in [0.15, 0.2) is 0 Å². The van der Waals surface area contributed by atoms with E-state index in [1.54, 1.807) is 0 Å². The first-order valence-corrected chi connectivity index (χ1v) is 19.7. The monoisotopic (exact) mass is 726 g/mol. The molecule has 1 heterocycles. The first kappa shape index (κ1) is 33.0. The van der Waals surface area contributed by atoms with Crippen molar-refractivity contribution in [2.75, 3.05) is 9.80 Å². The Morgan fingerprint density at radius 3 is 1.44 bits per heavy atom. The molecular formula is C55H38N2. The summed E-state index contributed by atoms with van der Waals surface area (Å²) in [5.41, 5.74) is 18.7. The van der Waals surface area contributed by atoms with Gasteiger partial charge in [-0.25, -0.2) is 0 Å². The second-order valence-corrected chi connectivity index (χ2v) is 14.9. The summed E-state index contributed by atoms with van der Waals surface area (Å²) < 4.78 is 0. The largest absolute Gasteiger partial charge is 0.306 e. The topological polar surface area (TPSA) is 6.48 Å². The third-order valence-electron chi connectivity index (χ3n) is 11.8. The molecule has 2 heteroatoms. The summed E-state index contributed by atoms with van der Waals surface area (Å²) in [6.45, 7) is 0. The van der Waals surface area contributed by atoms with E-state index in [1.807, 2.05) is 0 Å². The van der Waals surface area contributed by atoms with Crippen LogP contribution in [0.3, 0.4) is 0 Å². The summed E-state index contributed by atoms with van der Waals surface area (Å²) >= 11 is 0. The van der Waals surface area contributed by atoms with Crippen molar-refractivity contribution in [3.05, 3.63) is 253 Å². The Morgan fingerprint density at radius 1 is 0.298 bits per heavy atom. The maximum Gasteiger partial charge on any atom is 0.0785 e. The van der Waals surface area contributed by atoms with Gasteiger partial charge in [-0.15, -0.1) is 0 Å². The maximum absolute atomic E-state index is 2.51. The van der Waals surface area contributed by atoms with Crippen LogP contribution in [-0.2, 0) is 5.41 Å². The van der Waals surface area contributed by atoms with E-state index in [-0.39, 0.29) is 0 Å². The number of rotatable bonds is 6. The van der Waals surface area contributed by atoms with Gasteiger partial charge >= 0.3 is 0 Å². The fourth-order valence-corrected chi connectivity index (χ4v) is 9.44. The van der Waals surface area contributed by atoms with Crippen molar-refractivity contribution in [1.29, 1.82) is 0 Å². The van der Waals surface area contributed by atoms with Crippen molar-refractivity contribution in [2.24, 2.45) is 0 Å². The number of para-hydroxylation sites is 2. The fraction of sp³-hybridized carbons (Fsp3) is 0.0182. The minimum absolute atomic E-state index is 0.517. The first-order chi connectivity index (χ1) is 28.3. The first-order valence-electron chi connectivity index (χ1n) is 19.7. The second-order valence-electron chi connectivity index (χ2n) is 14.9. The summed E-state index contributed by atoms with van der Waals surface area (Å²) in [6, 6.07) is 84.3. The van der Waals surface area contributed by atoms with Crippen LogP contribution < -0.4 is 9.80 Å². The lowest BCUT2D eigenvalue weighted by atomic mass is 9.67. The molecule has 0 spiro atoms. The third-order valence-corrected chi connectivity index (χ3v) is 11.8. The van der Waals surface area contributed by atoms with Gasteiger partial charge < -0.3 is 9.80 Å². The van der Waals surface area contributed by atoms with Crippen molar-refractivity contribution in [2.45, 2.75) is 5.41 Å². The minimum atomic E-state index is -0.517. The van der Waals surface area contributed by atoms with Gasteiger partial charge in [-0.2, -0.15) is 0 Å². The molecule has 0 unspecified atom stereocenters. The SMILES string of the molecule is c1ccc(-c2cccc(-c3ccc4c(c3)N(c3ccccc3)c3ccc5c(c3N4c3ccccc3)-c3ccccc3C5(c3ccccc3)c3ccccc3)c2)cc1. The average molecular weight is 727 g/mol. The van der Waals surface area contributed by atoms with Crippen LogP contribution in [0.4, 0.5) is 34.1 Å². The number of fused-ring (bicyclic) bond motifs is 6. The quantitative estimate of drug-likeness (QED) is 0.168. The average Bonchev–Trinajstić information content (AvgIpc) is 3.61. The van der Waals surface area contributed by atoms with Gasteiger partial charge in [-0.05, 0) is 98.6 Å². The number of hydrogen-bond acceptors (Lipinski definition) is 2. The van der Waals surface area contributed by atoms with Gasteiger partial charge in [-0.3, -0.25) is 0 Å². The van der Waals surface area contributed by atoms with Crippen LogP contribution in [0.5, 0.6) is 0 Å².